The number of aromatic nitrogens is 1. The van der Waals surface area contributed by atoms with Crippen molar-refractivity contribution in [3.05, 3.63) is 77.9 Å². The Morgan fingerprint density at radius 2 is 1.49 bits per heavy atom. The van der Waals surface area contributed by atoms with E-state index in [1.165, 1.54) is 4.90 Å². The van der Waals surface area contributed by atoms with Crippen LogP contribution in [0.5, 0.6) is 23.0 Å². The summed E-state index contributed by atoms with van der Waals surface area (Å²) in [5.41, 5.74) is 6.24. The molecule has 0 spiro atoms. The van der Waals surface area contributed by atoms with Crippen molar-refractivity contribution in [2.24, 2.45) is 11.1 Å². The predicted octanol–water partition coefficient (Wildman–Crippen LogP) is 5.63. The molecule has 1 fully saturated rings. The SMILES string of the molecule is COc1cc2nccc(Oc3ccc(N(C(=O)C4(C(N)=O)CC4)c4ccc(Cl)cc4)cc3)c2cc1OC. The first-order valence-corrected chi connectivity index (χ1v) is 11.9. The number of carbonyl (C=O) groups is 2. The number of benzene rings is 3. The molecule has 1 heterocycles. The standard InChI is InChI=1S/C28H24ClN3O5/c1-35-24-15-21-22(16-25(24)36-2)31-14-11-23(21)37-20-9-7-19(8-10-20)32(18-5-3-17(29)4-6-18)27(34)28(12-13-28)26(30)33/h3-11,14-16H,12-13H2,1-2H3,(H2,30,33). The second kappa shape index (κ2) is 9.63. The van der Waals surface area contributed by atoms with Crippen LogP contribution in [0.25, 0.3) is 10.9 Å². The van der Waals surface area contributed by atoms with Crippen LogP contribution in [0.15, 0.2) is 72.9 Å². The molecule has 9 heteroatoms. The zero-order chi connectivity index (χ0) is 26.2. The largest absolute Gasteiger partial charge is 0.493 e. The lowest BCUT2D eigenvalue weighted by molar-refractivity contribution is -0.133. The van der Waals surface area contributed by atoms with E-state index in [1.807, 2.05) is 6.07 Å². The molecule has 5 rings (SSSR count). The topological polar surface area (TPSA) is 104 Å². The average molecular weight is 518 g/mol. The summed E-state index contributed by atoms with van der Waals surface area (Å²) in [6, 6.07) is 19.2. The molecular formula is C28H24ClN3O5. The van der Waals surface area contributed by atoms with Crippen molar-refractivity contribution in [1.29, 1.82) is 0 Å². The highest BCUT2D eigenvalue weighted by Crippen LogP contribution is 2.49. The number of amides is 2. The van der Waals surface area contributed by atoms with Crippen LogP contribution in [0.1, 0.15) is 12.8 Å². The number of ether oxygens (including phenoxy) is 3. The van der Waals surface area contributed by atoms with Gasteiger partial charge in [0.2, 0.25) is 11.8 Å². The number of primary amides is 1. The Morgan fingerprint density at radius 3 is 2.05 bits per heavy atom. The Morgan fingerprint density at radius 1 is 0.892 bits per heavy atom. The molecule has 1 saturated carbocycles. The van der Waals surface area contributed by atoms with Crippen LogP contribution in [0.2, 0.25) is 5.02 Å². The van der Waals surface area contributed by atoms with Gasteiger partial charge < -0.3 is 19.9 Å². The Kier molecular flexibility index (Phi) is 6.35. The van der Waals surface area contributed by atoms with Crippen molar-refractivity contribution in [1.82, 2.24) is 4.98 Å². The maximum atomic E-state index is 13.5. The summed E-state index contributed by atoms with van der Waals surface area (Å²) in [6.07, 6.45) is 2.50. The molecule has 2 amide bonds. The van der Waals surface area contributed by atoms with E-state index in [-0.39, 0.29) is 5.91 Å². The molecule has 1 aliphatic carbocycles. The van der Waals surface area contributed by atoms with Crippen molar-refractivity contribution < 1.29 is 23.8 Å². The summed E-state index contributed by atoms with van der Waals surface area (Å²) in [7, 11) is 3.13. The van der Waals surface area contributed by atoms with Gasteiger partial charge in [-0.15, -0.1) is 0 Å². The fourth-order valence-electron chi connectivity index (χ4n) is 4.21. The first-order valence-electron chi connectivity index (χ1n) is 11.5. The molecule has 0 aliphatic heterocycles. The number of methoxy groups -OCH3 is 2. The van der Waals surface area contributed by atoms with Crippen molar-refractivity contribution in [2.75, 3.05) is 19.1 Å². The number of anilines is 2. The Labute approximate surface area is 218 Å². The third-order valence-corrected chi connectivity index (χ3v) is 6.70. The predicted molar refractivity (Wildman–Crippen MR) is 141 cm³/mol. The van der Waals surface area contributed by atoms with Gasteiger partial charge in [0.15, 0.2) is 11.5 Å². The summed E-state index contributed by atoms with van der Waals surface area (Å²) < 4.78 is 17.0. The molecule has 37 heavy (non-hydrogen) atoms. The summed E-state index contributed by atoms with van der Waals surface area (Å²) in [5, 5.41) is 1.29. The van der Waals surface area contributed by atoms with Crippen LogP contribution in [-0.2, 0) is 9.59 Å². The lowest BCUT2D eigenvalue weighted by Gasteiger charge is -2.26. The fourth-order valence-corrected chi connectivity index (χ4v) is 4.33. The summed E-state index contributed by atoms with van der Waals surface area (Å²) in [5.74, 6) is 1.27. The maximum absolute atomic E-state index is 13.5. The van der Waals surface area contributed by atoms with Gasteiger partial charge in [0.25, 0.3) is 0 Å². The summed E-state index contributed by atoms with van der Waals surface area (Å²) in [6.45, 7) is 0. The van der Waals surface area contributed by atoms with E-state index in [0.717, 1.165) is 5.39 Å². The highest BCUT2D eigenvalue weighted by Gasteiger charge is 2.57. The number of hydrogen-bond donors (Lipinski definition) is 1. The molecule has 0 unspecified atom stereocenters. The van der Waals surface area contributed by atoms with Gasteiger partial charge in [0.1, 0.15) is 16.9 Å². The van der Waals surface area contributed by atoms with E-state index in [0.29, 0.717) is 57.8 Å². The Balaban J connectivity index is 1.48. The lowest BCUT2D eigenvalue weighted by Crippen LogP contribution is -2.41. The van der Waals surface area contributed by atoms with Crippen molar-refractivity contribution >= 4 is 45.7 Å². The second-order valence-electron chi connectivity index (χ2n) is 8.69. The van der Waals surface area contributed by atoms with Crippen molar-refractivity contribution in [3.8, 4) is 23.0 Å². The number of nitrogens with zero attached hydrogens (tertiary/aromatic N) is 2. The molecule has 0 saturated heterocycles. The molecule has 188 valence electrons. The molecule has 8 nitrogen and oxygen atoms in total. The van der Waals surface area contributed by atoms with Gasteiger partial charge >= 0.3 is 0 Å². The maximum Gasteiger partial charge on any atom is 0.247 e. The minimum atomic E-state index is -1.19. The third-order valence-electron chi connectivity index (χ3n) is 6.45. The normalized spacial score (nSPS) is 13.6. The van der Waals surface area contributed by atoms with Gasteiger partial charge in [-0.1, -0.05) is 11.6 Å². The van der Waals surface area contributed by atoms with E-state index < -0.39 is 11.3 Å². The van der Waals surface area contributed by atoms with E-state index in [4.69, 9.17) is 31.5 Å². The number of hydrogen-bond acceptors (Lipinski definition) is 6. The van der Waals surface area contributed by atoms with Crippen LogP contribution in [-0.4, -0.2) is 31.0 Å². The van der Waals surface area contributed by atoms with Gasteiger partial charge in [-0.3, -0.25) is 19.5 Å². The van der Waals surface area contributed by atoms with Crippen molar-refractivity contribution in [2.45, 2.75) is 12.8 Å². The zero-order valence-electron chi connectivity index (χ0n) is 20.2. The van der Waals surface area contributed by atoms with E-state index in [2.05, 4.69) is 4.98 Å². The van der Waals surface area contributed by atoms with Crippen LogP contribution in [0.3, 0.4) is 0 Å². The summed E-state index contributed by atoms with van der Waals surface area (Å²) >= 11 is 6.06. The Hall–Kier alpha value is -4.30. The molecular weight excluding hydrogens is 494 g/mol. The quantitative estimate of drug-likeness (QED) is 0.304. The van der Waals surface area contributed by atoms with Gasteiger partial charge in [0.05, 0.1) is 19.7 Å². The Bertz CT molecular complexity index is 1480. The van der Waals surface area contributed by atoms with Crippen LogP contribution in [0.4, 0.5) is 11.4 Å². The minimum Gasteiger partial charge on any atom is -0.493 e. The van der Waals surface area contributed by atoms with Gasteiger partial charge in [-0.05, 0) is 73.5 Å². The smallest absolute Gasteiger partial charge is 0.247 e. The zero-order valence-corrected chi connectivity index (χ0v) is 21.0. The monoisotopic (exact) mass is 517 g/mol. The third kappa shape index (κ3) is 4.51. The molecule has 1 aliphatic rings. The van der Waals surface area contributed by atoms with Gasteiger partial charge in [-0.2, -0.15) is 0 Å². The number of fused-ring (bicyclic) bond motifs is 1. The van der Waals surface area contributed by atoms with Crippen LogP contribution >= 0.6 is 11.6 Å². The van der Waals surface area contributed by atoms with Gasteiger partial charge in [0, 0.05) is 34.0 Å². The average Bonchev–Trinajstić information content (AvgIpc) is 3.73. The van der Waals surface area contributed by atoms with Crippen LogP contribution in [0, 0.1) is 5.41 Å². The van der Waals surface area contributed by atoms with E-state index in [9.17, 15) is 9.59 Å². The molecule has 0 atom stereocenters. The highest BCUT2D eigenvalue weighted by molar-refractivity contribution is 6.30. The number of nitrogens with two attached hydrogens (primary N) is 1. The van der Waals surface area contributed by atoms with Crippen LogP contribution < -0.4 is 24.8 Å². The first-order chi connectivity index (χ1) is 17.9. The number of carbonyl (C=O) groups excluding carboxylic acids is 2. The first kappa shape index (κ1) is 24.4. The number of pyridine rings is 1. The molecule has 0 radical (unpaired) electrons. The van der Waals surface area contributed by atoms with Crippen molar-refractivity contribution in [3.63, 3.8) is 0 Å². The molecule has 4 aromatic rings. The minimum absolute atomic E-state index is 0.364. The lowest BCUT2D eigenvalue weighted by atomic mass is 10.0. The van der Waals surface area contributed by atoms with E-state index in [1.54, 1.807) is 81.1 Å². The fraction of sp³-hybridized carbons (Fsp3) is 0.179. The van der Waals surface area contributed by atoms with Gasteiger partial charge in [-0.25, -0.2) is 0 Å². The molecule has 1 aromatic heterocycles. The summed E-state index contributed by atoms with van der Waals surface area (Å²) in [4.78, 5) is 31.5. The highest BCUT2D eigenvalue weighted by atomic mass is 35.5. The number of halogens is 1. The van der Waals surface area contributed by atoms with E-state index >= 15 is 0 Å². The second-order valence-corrected chi connectivity index (χ2v) is 9.13. The molecule has 0 bridgehead atoms. The number of rotatable bonds is 8. The molecule has 2 N–H and O–H groups in total. The molecule has 3 aromatic carbocycles.